The largest absolute Gasteiger partial charge is 0.473 e. The van der Waals surface area contributed by atoms with Gasteiger partial charge in [0.15, 0.2) is 0 Å². The van der Waals surface area contributed by atoms with Crippen LogP contribution in [-0.4, -0.2) is 38.9 Å². The van der Waals surface area contributed by atoms with Gasteiger partial charge in [-0.3, -0.25) is 9.58 Å². The molecule has 0 bridgehead atoms. The van der Waals surface area contributed by atoms with Crippen molar-refractivity contribution in [2.75, 3.05) is 13.1 Å². The van der Waals surface area contributed by atoms with E-state index in [1.807, 2.05) is 0 Å². The van der Waals surface area contributed by atoms with Crippen molar-refractivity contribution in [1.29, 1.82) is 0 Å². The first-order chi connectivity index (χ1) is 12.5. The minimum atomic E-state index is -4.38. The van der Waals surface area contributed by atoms with Crippen molar-refractivity contribution in [2.45, 2.75) is 51.1 Å². The molecule has 5 nitrogen and oxygen atoms in total. The van der Waals surface area contributed by atoms with Gasteiger partial charge in [0.25, 0.3) is 0 Å². The van der Waals surface area contributed by atoms with E-state index in [-0.39, 0.29) is 12.0 Å². The van der Waals surface area contributed by atoms with Crippen molar-refractivity contribution in [2.24, 2.45) is 0 Å². The lowest BCUT2D eigenvalue weighted by Crippen LogP contribution is -2.25. The highest BCUT2D eigenvalue weighted by atomic mass is 19.4. The Balaban J connectivity index is 1.31. The fourth-order valence-electron chi connectivity index (χ4n) is 3.61. The maximum Gasteiger partial charge on any atom is 0.417 e. The van der Waals surface area contributed by atoms with Crippen molar-refractivity contribution in [3.05, 3.63) is 41.3 Å². The molecule has 0 N–H and O–H groups in total. The van der Waals surface area contributed by atoms with Gasteiger partial charge in [0, 0.05) is 44.1 Å². The van der Waals surface area contributed by atoms with Crippen LogP contribution in [0.4, 0.5) is 13.2 Å². The quantitative estimate of drug-likeness (QED) is 0.833. The minimum absolute atomic E-state index is 0.0588. The molecule has 1 atom stereocenters. The minimum Gasteiger partial charge on any atom is -0.473 e. The second-order valence-corrected chi connectivity index (χ2v) is 6.95. The molecule has 140 valence electrons. The third-order valence-corrected chi connectivity index (χ3v) is 4.93. The van der Waals surface area contributed by atoms with Gasteiger partial charge in [-0.2, -0.15) is 18.3 Å². The molecular formula is C18H21F3N4O. The summed E-state index contributed by atoms with van der Waals surface area (Å²) in [5, 5.41) is 4.67. The van der Waals surface area contributed by atoms with E-state index in [1.54, 1.807) is 0 Å². The summed E-state index contributed by atoms with van der Waals surface area (Å²) in [6.45, 7) is 3.39. The van der Waals surface area contributed by atoms with E-state index in [2.05, 4.69) is 25.7 Å². The van der Waals surface area contributed by atoms with Crippen LogP contribution in [0.3, 0.4) is 0 Å². The molecule has 0 aliphatic carbocycles. The maximum absolute atomic E-state index is 12.6. The molecule has 1 unspecified atom stereocenters. The van der Waals surface area contributed by atoms with E-state index in [0.717, 1.165) is 57.0 Å². The Morgan fingerprint density at radius 1 is 1.19 bits per heavy atom. The van der Waals surface area contributed by atoms with Crippen LogP contribution in [0.5, 0.6) is 5.88 Å². The molecule has 0 amide bonds. The zero-order valence-corrected chi connectivity index (χ0v) is 14.4. The Bertz CT molecular complexity index is 733. The zero-order valence-electron chi connectivity index (χ0n) is 14.4. The standard InChI is InChI=1S/C18H21F3N4O/c19-18(20,21)13-4-5-17(22-10-13)26-16-6-8-24(12-16)11-14-9-15-3-1-2-7-25(15)23-14/h4-5,9-10,16H,1-3,6-8,11-12H2. The second kappa shape index (κ2) is 6.90. The lowest BCUT2D eigenvalue weighted by atomic mass is 10.1. The molecule has 0 aromatic carbocycles. The number of nitrogens with zero attached hydrogens (tertiary/aromatic N) is 4. The van der Waals surface area contributed by atoms with Crippen molar-refractivity contribution < 1.29 is 17.9 Å². The first-order valence-corrected chi connectivity index (χ1v) is 8.95. The molecule has 4 rings (SSSR count). The van der Waals surface area contributed by atoms with Crippen LogP contribution >= 0.6 is 0 Å². The Hall–Kier alpha value is -2.09. The summed E-state index contributed by atoms with van der Waals surface area (Å²) >= 11 is 0. The fourth-order valence-corrected chi connectivity index (χ4v) is 3.61. The van der Waals surface area contributed by atoms with Gasteiger partial charge in [-0.15, -0.1) is 0 Å². The van der Waals surface area contributed by atoms with Crippen molar-refractivity contribution in [1.82, 2.24) is 19.7 Å². The van der Waals surface area contributed by atoms with Gasteiger partial charge < -0.3 is 4.74 Å². The van der Waals surface area contributed by atoms with E-state index >= 15 is 0 Å². The van der Waals surface area contributed by atoms with E-state index in [4.69, 9.17) is 4.74 Å². The highest BCUT2D eigenvalue weighted by molar-refractivity contribution is 5.20. The van der Waals surface area contributed by atoms with Crippen molar-refractivity contribution in [3.63, 3.8) is 0 Å². The Kier molecular flexibility index (Phi) is 4.60. The lowest BCUT2D eigenvalue weighted by Gasteiger charge is -2.15. The summed E-state index contributed by atoms with van der Waals surface area (Å²) < 4.78 is 45.6. The monoisotopic (exact) mass is 366 g/mol. The van der Waals surface area contributed by atoms with Crippen LogP contribution in [-0.2, 0) is 25.7 Å². The number of hydrogen-bond acceptors (Lipinski definition) is 4. The number of alkyl halides is 3. The van der Waals surface area contributed by atoms with Gasteiger partial charge in [0.05, 0.1) is 11.3 Å². The van der Waals surface area contributed by atoms with Gasteiger partial charge in [-0.05, 0) is 37.8 Å². The number of aromatic nitrogens is 3. The fraction of sp³-hybridized carbons (Fsp3) is 0.556. The SMILES string of the molecule is FC(F)(F)c1ccc(OC2CCN(Cc3cc4n(n3)CCCC4)C2)nc1. The zero-order chi connectivity index (χ0) is 18.1. The Labute approximate surface area is 149 Å². The third kappa shape index (κ3) is 3.85. The van der Waals surface area contributed by atoms with Gasteiger partial charge in [0.2, 0.25) is 5.88 Å². The number of hydrogen-bond donors (Lipinski definition) is 0. The van der Waals surface area contributed by atoms with Gasteiger partial charge in [-0.1, -0.05) is 0 Å². The van der Waals surface area contributed by atoms with Gasteiger partial charge in [-0.25, -0.2) is 4.98 Å². The summed E-state index contributed by atoms with van der Waals surface area (Å²) in [4.78, 5) is 6.05. The maximum atomic E-state index is 12.6. The van der Waals surface area contributed by atoms with Crippen LogP contribution in [0.25, 0.3) is 0 Å². The smallest absolute Gasteiger partial charge is 0.417 e. The highest BCUT2D eigenvalue weighted by Crippen LogP contribution is 2.29. The molecule has 2 aromatic heterocycles. The molecule has 0 radical (unpaired) electrons. The average molecular weight is 366 g/mol. The molecule has 0 saturated carbocycles. The molecule has 1 saturated heterocycles. The Morgan fingerprint density at radius 2 is 2.08 bits per heavy atom. The number of aryl methyl sites for hydroxylation is 2. The predicted molar refractivity (Wildman–Crippen MR) is 88.7 cm³/mol. The van der Waals surface area contributed by atoms with Crippen LogP contribution in [0.15, 0.2) is 24.4 Å². The molecule has 1 fully saturated rings. The van der Waals surface area contributed by atoms with E-state index < -0.39 is 11.7 Å². The summed E-state index contributed by atoms with van der Waals surface area (Å²) in [6, 6.07) is 4.48. The third-order valence-electron chi connectivity index (χ3n) is 4.93. The molecule has 2 aromatic rings. The van der Waals surface area contributed by atoms with E-state index in [9.17, 15) is 13.2 Å². The molecule has 4 heterocycles. The predicted octanol–water partition coefficient (Wildman–Crippen LogP) is 3.29. The van der Waals surface area contributed by atoms with Gasteiger partial charge in [0.1, 0.15) is 6.10 Å². The normalized spacial score (nSPS) is 21.0. The number of halogens is 3. The van der Waals surface area contributed by atoms with E-state index in [0.29, 0.717) is 0 Å². The highest BCUT2D eigenvalue weighted by Gasteiger charge is 2.31. The van der Waals surface area contributed by atoms with Gasteiger partial charge >= 0.3 is 6.18 Å². The van der Waals surface area contributed by atoms with Crippen LogP contribution in [0.1, 0.15) is 36.2 Å². The summed E-state index contributed by atoms with van der Waals surface area (Å²) in [7, 11) is 0. The van der Waals surface area contributed by atoms with Crippen molar-refractivity contribution in [3.8, 4) is 5.88 Å². The molecule has 26 heavy (non-hydrogen) atoms. The molecule has 2 aliphatic rings. The molecule has 8 heteroatoms. The summed E-state index contributed by atoms with van der Waals surface area (Å²) in [6.07, 6.45) is 0.723. The summed E-state index contributed by atoms with van der Waals surface area (Å²) in [5.74, 6) is 0.238. The topological polar surface area (TPSA) is 43.2 Å². The number of ether oxygens (including phenoxy) is 1. The number of fused-ring (bicyclic) bond motifs is 1. The van der Waals surface area contributed by atoms with Crippen LogP contribution < -0.4 is 4.74 Å². The second-order valence-electron chi connectivity index (χ2n) is 6.95. The van der Waals surface area contributed by atoms with Crippen molar-refractivity contribution >= 4 is 0 Å². The van der Waals surface area contributed by atoms with Crippen LogP contribution in [0.2, 0.25) is 0 Å². The average Bonchev–Trinajstić information content (AvgIpc) is 3.21. The summed E-state index contributed by atoms with van der Waals surface area (Å²) in [5.41, 5.74) is 1.63. The molecule has 2 aliphatic heterocycles. The Morgan fingerprint density at radius 3 is 2.81 bits per heavy atom. The first-order valence-electron chi connectivity index (χ1n) is 8.95. The molecular weight excluding hydrogens is 345 g/mol. The first kappa shape index (κ1) is 17.3. The lowest BCUT2D eigenvalue weighted by molar-refractivity contribution is -0.137. The number of pyridine rings is 1. The number of likely N-dealkylation sites (tertiary alicyclic amines) is 1. The number of rotatable bonds is 4. The van der Waals surface area contributed by atoms with E-state index in [1.165, 1.54) is 24.6 Å². The van der Waals surface area contributed by atoms with Crippen LogP contribution in [0, 0.1) is 0 Å². The molecule has 0 spiro atoms.